The average molecular weight is 317 g/mol. The Kier molecular flexibility index (Phi) is 4.20. The summed E-state index contributed by atoms with van der Waals surface area (Å²) in [5, 5.41) is 25.0. The monoisotopic (exact) mass is 317 g/mol. The number of nitrogens with one attached hydrogen (secondary N) is 1. The van der Waals surface area contributed by atoms with E-state index in [4.69, 9.17) is 0 Å². The van der Waals surface area contributed by atoms with Crippen LogP contribution in [0.15, 0.2) is 24.3 Å². The van der Waals surface area contributed by atoms with Gasteiger partial charge in [-0.05, 0) is 36.0 Å². The molecular weight excluding hydrogens is 298 g/mol. The van der Waals surface area contributed by atoms with Gasteiger partial charge in [-0.15, -0.1) is 0 Å². The van der Waals surface area contributed by atoms with Gasteiger partial charge in [0.05, 0.1) is 5.97 Å². The van der Waals surface area contributed by atoms with Crippen molar-refractivity contribution in [2.75, 3.05) is 5.32 Å². The summed E-state index contributed by atoms with van der Waals surface area (Å²) in [5.74, 6) is -3.31. The first-order valence-corrected chi connectivity index (χ1v) is 7.43. The molecule has 0 heterocycles. The van der Waals surface area contributed by atoms with Crippen LogP contribution in [0.4, 0.5) is 5.69 Å². The average Bonchev–Trinajstić information content (AvgIpc) is 2.71. The molecule has 1 aliphatic carbocycles. The summed E-state index contributed by atoms with van der Waals surface area (Å²) in [7, 11) is 0. The second kappa shape index (κ2) is 5.68. The van der Waals surface area contributed by atoms with Gasteiger partial charge in [0.1, 0.15) is 0 Å². The Balaban J connectivity index is 2.21. The molecule has 0 aliphatic heterocycles. The van der Waals surface area contributed by atoms with Crippen molar-refractivity contribution in [3.8, 4) is 0 Å². The summed E-state index contributed by atoms with van der Waals surface area (Å²) in [5.41, 5.74) is -1.55. The van der Waals surface area contributed by atoms with E-state index in [9.17, 15) is 24.6 Å². The minimum Gasteiger partial charge on any atom is -0.550 e. The van der Waals surface area contributed by atoms with Gasteiger partial charge < -0.3 is 25.1 Å². The first-order chi connectivity index (χ1) is 10.6. The highest BCUT2D eigenvalue weighted by Crippen LogP contribution is 2.55. The van der Waals surface area contributed by atoms with Crippen LogP contribution in [0, 0.1) is 16.7 Å². The van der Waals surface area contributed by atoms with E-state index >= 15 is 0 Å². The predicted octanol–water partition coefficient (Wildman–Crippen LogP) is 0.181. The summed E-state index contributed by atoms with van der Waals surface area (Å²) >= 11 is 0. The van der Waals surface area contributed by atoms with E-state index in [0.29, 0.717) is 18.5 Å². The lowest BCUT2D eigenvalue weighted by Crippen LogP contribution is -2.49. The van der Waals surface area contributed by atoms with Crippen LogP contribution in [0.3, 0.4) is 0 Å². The van der Waals surface area contributed by atoms with Crippen LogP contribution in [0.1, 0.15) is 44.0 Å². The number of rotatable bonds is 4. The Hall–Kier alpha value is -2.37. The fraction of sp³-hybridized carbons (Fsp3) is 0.471. The van der Waals surface area contributed by atoms with Crippen molar-refractivity contribution in [1.82, 2.24) is 0 Å². The predicted molar refractivity (Wildman–Crippen MR) is 79.0 cm³/mol. The zero-order valence-electron chi connectivity index (χ0n) is 13.3. The second-order valence-corrected chi connectivity index (χ2v) is 6.79. The molecule has 2 rings (SSSR count). The van der Waals surface area contributed by atoms with Gasteiger partial charge in [-0.2, -0.15) is 0 Å². The zero-order chi connectivity index (χ0) is 17.4. The molecule has 0 saturated heterocycles. The van der Waals surface area contributed by atoms with Gasteiger partial charge in [0, 0.05) is 23.0 Å². The van der Waals surface area contributed by atoms with Crippen LogP contribution in [0.2, 0.25) is 0 Å². The normalized spacial score (nSPS) is 25.8. The minimum absolute atomic E-state index is 0.0342. The van der Waals surface area contributed by atoms with Gasteiger partial charge in [-0.3, -0.25) is 4.79 Å². The molecule has 23 heavy (non-hydrogen) atoms. The van der Waals surface area contributed by atoms with Crippen molar-refractivity contribution in [2.24, 2.45) is 16.7 Å². The summed E-state index contributed by atoms with van der Waals surface area (Å²) in [4.78, 5) is 34.9. The van der Waals surface area contributed by atoms with E-state index in [1.54, 1.807) is 26.8 Å². The maximum atomic E-state index is 12.5. The zero-order valence-corrected chi connectivity index (χ0v) is 13.3. The number of amides is 1. The summed E-state index contributed by atoms with van der Waals surface area (Å²) in [6.07, 6.45) is 0.795. The molecule has 6 heteroatoms. The van der Waals surface area contributed by atoms with Crippen molar-refractivity contribution < 1.29 is 24.6 Å². The fourth-order valence-corrected chi connectivity index (χ4v) is 3.28. The van der Waals surface area contributed by atoms with Crippen molar-refractivity contribution >= 4 is 23.5 Å². The molecule has 1 saturated carbocycles. The molecular formula is C17H19NO5-2. The van der Waals surface area contributed by atoms with Crippen LogP contribution in [-0.2, 0) is 9.59 Å². The molecule has 124 valence electrons. The molecule has 2 atom stereocenters. The standard InChI is InChI=1S/C17H21NO5/c1-16(2)12(7-8-17(16,3)15(22)23)13(19)18-11-6-4-5-10(9-11)14(20)21/h4-6,9,12H,7-8H2,1-3H3,(H,18,19)(H,20,21)(H,22,23)/p-2/t12-,17+/m1/s1. The number of benzene rings is 1. The van der Waals surface area contributed by atoms with Crippen LogP contribution in [-0.4, -0.2) is 17.8 Å². The van der Waals surface area contributed by atoms with E-state index < -0.39 is 28.7 Å². The molecule has 1 aromatic rings. The molecule has 1 N–H and O–H groups in total. The van der Waals surface area contributed by atoms with E-state index in [0.717, 1.165) is 0 Å². The third-order valence-electron chi connectivity index (χ3n) is 5.36. The Bertz CT molecular complexity index is 667. The Labute approximate surface area is 134 Å². The Morgan fingerprint density at radius 3 is 2.35 bits per heavy atom. The number of carbonyl (C=O) groups is 3. The van der Waals surface area contributed by atoms with E-state index in [-0.39, 0.29) is 11.5 Å². The lowest BCUT2D eigenvalue weighted by atomic mass is 9.65. The quantitative estimate of drug-likeness (QED) is 0.852. The highest BCUT2D eigenvalue weighted by Gasteiger charge is 2.54. The smallest absolute Gasteiger partial charge is 0.228 e. The van der Waals surface area contributed by atoms with Gasteiger partial charge in [0.15, 0.2) is 0 Å². The van der Waals surface area contributed by atoms with Crippen molar-refractivity contribution in [3.05, 3.63) is 29.8 Å². The lowest BCUT2D eigenvalue weighted by Gasteiger charge is -2.41. The molecule has 0 unspecified atom stereocenters. The number of carbonyl (C=O) groups excluding carboxylic acids is 3. The number of carboxylic acid groups (broad SMARTS) is 2. The first kappa shape index (κ1) is 17.0. The summed E-state index contributed by atoms with van der Waals surface area (Å²) in [6, 6.07) is 5.76. The van der Waals surface area contributed by atoms with Crippen LogP contribution < -0.4 is 15.5 Å². The lowest BCUT2D eigenvalue weighted by molar-refractivity contribution is -0.323. The number of anilines is 1. The third kappa shape index (κ3) is 2.81. The topological polar surface area (TPSA) is 109 Å². The maximum absolute atomic E-state index is 12.5. The first-order valence-electron chi connectivity index (χ1n) is 7.43. The number of aromatic carboxylic acids is 1. The van der Waals surface area contributed by atoms with Gasteiger partial charge in [0.2, 0.25) is 5.91 Å². The van der Waals surface area contributed by atoms with Gasteiger partial charge in [-0.1, -0.05) is 32.9 Å². The van der Waals surface area contributed by atoms with Gasteiger partial charge in [0.25, 0.3) is 0 Å². The number of carboxylic acids is 2. The molecule has 1 fully saturated rings. The number of hydrogen-bond acceptors (Lipinski definition) is 5. The minimum atomic E-state index is -1.33. The number of aliphatic carboxylic acids is 1. The summed E-state index contributed by atoms with van der Waals surface area (Å²) < 4.78 is 0. The highest BCUT2D eigenvalue weighted by molar-refractivity contribution is 5.95. The van der Waals surface area contributed by atoms with E-state index in [1.807, 2.05) is 0 Å². The molecule has 1 amide bonds. The van der Waals surface area contributed by atoms with Crippen molar-refractivity contribution in [1.29, 1.82) is 0 Å². The van der Waals surface area contributed by atoms with Crippen LogP contribution in [0.5, 0.6) is 0 Å². The highest BCUT2D eigenvalue weighted by atomic mass is 16.4. The SMILES string of the molecule is CC1(C)[C@@H](C(=O)Nc2cccc(C(=O)[O-])c2)CC[C@@]1(C)C(=O)[O-]. The molecule has 1 aromatic carbocycles. The van der Waals surface area contributed by atoms with Crippen LogP contribution in [0.25, 0.3) is 0 Å². The fourth-order valence-electron chi connectivity index (χ4n) is 3.28. The van der Waals surface area contributed by atoms with Gasteiger partial charge >= 0.3 is 0 Å². The molecule has 0 aromatic heterocycles. The Morgan fingerprint density at radius 2 is 1.83 bits per heavy atom. The maximum Gasteiger partial charge on any atom is 0.228 e. The summed E-state index contributed by atoms with van der Waals surface area (Å²) in [6.45, 7) is 5.10. The van der Waals surface area contributed by atoms with E-state index in [1.165, 1.54) is 18.2 Å². The second-order valence-electron chi connectivity index (χ2n) is 6.79. The Morgan fingerprint density at radius 1 is 1.17 bits per heavy atom. The van der Waals surface area contributed by atoms with Crippen molar-refractivity contribution in [3.63, 3.8) is 0 Å². The molecule has 1 aliphatic rings. The van der Waals surface area contributed by atoms with Crippen molar-refractivity contribution in [2.45, 2.75) is 33.6 Å². The molecule has 0 radical (unpaired) electrons. The largest absolute Gasteiger partial charge is 0.550 e. The third-order valence-corrected chi connectivity index (χ3v) is 5.36. The molecule has 6 nitrogen and oxygen atoms in total. The number of hydrogen-bond donors (Lipinski definition) is 1. The molecule has 0 bridgehead atoms. The molecule has 0 spiro atoms. The van der Waals surface area contributed by atoms with E-state index in [2.05, 4.69) is 5.32 Å². The van der Waals surface area contributed by atoms with Crippen LogP contribution >= 0.6 is 0 Å². The van der Waals surface area contributed by atoms with Gasteiger partial charge in [-0.25, -0.2) is 0 Å².